The third kappa shape index (κ3) is 2.68. The molecule has 2 bridgehead atoms. The summed E-state index contributed by atoms with van der Waals surface area (Å²) in [6.45, 7) is 1.02. The molecule has 3 atom stereocenters. The number of sulfonamides is 1. The van der Waals surface area contributed by atoms with Gasteiger partial charge in [-0.15, -0.1) is 0 Å². The molecule has 3 aliphatic rings. The Balaban J connectivity index is 1.77. The van der Waals surface area contributed by atoms with Crippen LogP contribution in [0.25, 0.3) is 0 Å². The number of nitrogens with one attached hydrogen (secondary N) is 1. The molecule has 3 heterocycles. The fourth-order valence-electron chi connectivity index (χ4n) is 3.35. The summed E-state index contributed by atoms with van der Waals surface area (Å²) in [6, 6.07) is 0.665. The molecule has 6 nitrogen and oxygen atoms in total. The largest absolute Gasteiger partial charge is 0.310 e. The Morgan fingerprint density at radius 3 is 2.47 bits per heavy atom. The SMILES string of the molecule is O=S1(=O)CCC(S(=O)(=O)N2CCC3CCC(C2)N3)C1. The van der Waals surface area contributed by atoms with Crippen LogP contribution >= 0.6 is 0 Å². The first-order valence-corrected chi connectivity index (χ1v) is 10.1. The van der Waals surface area contributed by atoms with Crippen molar-refractivity contribution >= 4 is 19.9 Å². The van der Waals surface area contributed by atoms with Gasteiger partial charge in [-0.05, 0) is 25.7 Å². The fourth-order valence-corrected chi connectivity index (χ4v) is 7.94. The zero-order chi connectivity index (χ0) is 13.7. The van der Waals surface area contributed by atoms with Crippen molar-refractivity contribution in [2.45, 2.75) is 43.0 Å². The highest BCUT2D eigenvalue weighted by Gasteiger charge is 2.42. The molecule has 3 aliphatic heterocycles. The van der Waals surface area contributed by atoms with Crippen LogP contribution in [-0.2, 0) is 19.9 Å². The Hall–Kier alpha value is -0.180. The number of fused-ring (bicyclic) bond motifs is 2. The molecule has 110 valence electrons. The van der Waals surface area contributed by atoms with Gasteiger partial charge in [0.25, 0.3) is 0 Å². The van der Waals surface area contributed by atoms with E-state index in [1.54, 1.807) is 0 Å². The molecule has 8 heteroatoms. The maximum atomic E-state index is 12.5. The van der Waals surface area contributed by atoms with Crippen molar-refractivity contribution < 1.29 is 16.8 Å². The number of nitrogens with zero attached hydrogens (tertiary/aromatic N) is 1. The van der Waals surface area contributed by atoms with E-state index >= 15 is 0 Å². The van der Waals surface area contributed by atoms with E-state index in [4.69, 9.17) is 0 Å². The molecule has 0 amide bonds. The Morgan fingerprint density at radius 2 is 1.79 bits per heavy atom. The second-order valence-corrected chi connectivity index (χ2v) is 10.3. The molecular formula is C11H20N2O4S2. The Bertz CT molecular complexity index is 557. The summed E-state index contributed by atoms with van der Waals surface area (Å²) in [5.41, 5.74) is 0. The summed E-state index contributed by atoms with van der Waals surface area (Å²) in [7, 11) is -6.62. The van der Waals surface area contributed by atoms with Gasteiger partial charge in [0.05, 0.1) is 16.8 Å². The zero-order valence-corrected chi connectivity index (χ0v) is 12.4. The van der Waals surface area contributed by atoms with Gasteiger partial charge in [-0.1, -0.05) is 0 Å². The molecule has 0 aromatic rings. The molecule has 0 aromatic heterocycles. The number of sulfone groups is 1. The van der Waals surface area contributed by atoms with Gasteiger partial charge in [-0.3, -0.25) is 0 Å². The summed E-state index contributed by atoms with van der Waals surface area (Å²) >= 11 is 0. The fraction of sp³-hybridized carbons (Fsp3) is 1.00. The molecule has 3 fully saturated rings. The maximum absolute atomic E-state index is 12.5. The highest BCUT2D eigenvalue weighted by atomic mass is 32.2. The highest BCUT2D eigenvalue weighted by molar-refractivity contribution is 7.95. The maximum Gasteiger partial charge on any atom is 0.218 e. The van der Waals surface area contributed by atoms with E-state index in [-0.39, 0.29) is 24.0 Å². The summed E-state index contributed by atoms with van der Waals surface area (Å²) in [5.74, 6) is -0.192. The Morgan fingerprint density at radius 1 is 1.05 bits per heavy atom. The van der Waals surface area contributed by atoms with Crippen LogP contribution in [0.15, 0.2) is 0 Å². The van der Waals surface area contributed by atoms with Crippen molar-refractivity contribution in [2.24, 2.45) is 0 Å². The molecular weight excluding hydrogens is 288 g/mol. The third-order valence-electron chi connectivity index (χ3n) is 4.46. The number of rotatable bonds is 2. The van der Waals surface area contributed by atoms with Crippen molar-refractivity contribution in [3.05, 3.63) is 0 Å². The van der Waals surface area contributed by atoms with Crippen molar-refractivity contribution in [2.75, 3.05) is 24.6 Å². The van der Waals surface area contributed by atoms with Crippen LogP contribution in [0.1, 0.15) is 25.7 Å². The smallest absolute Gasteiger partial charge is 0.218 e. The summed E-state index contributed by atoms with van der Waals surface area (Å²) < 4.78 is 49.5. The first-order valence-electron chi connectivity index (χ1n) is 6.82. The van der Waals surface area contributed by atoms with E-state index in [0.717, 1.165) is 19.3 Å². The molecule has 0 aliphatic carbocycles. The van der Waals surface area contributed by atoms with Crippen LogP contribution in [0.2, 0.25) is 0 Å². The van der Waals surface area contributed by atoms with Gasteiger partial charge in [0.1, 0.15) is 0 Å². The molecule has 0 spiro atoms. The third-order valence-corrected chi connectivity index (χ3v) is 8.73. The second-order valence-electron chi connectivity index (χ2n) is 5.85. The van der Waals surface area contributed by atoms with Gasteiger partial charge in [0.2, 0.25) is 10.0 Å². The molecule has 0 saturated carbocycles. The topological polar surface area (TPSA) is 83.5 Å². The van der Waals surface area contributed by atoms with Crippen LogP contribution in [0.4, 0.5) is 0 Å². The van der Waals surface area contributed by atoms with Gasteiger partial charge >= 0.3 is 0 Å². The highest BCUT2D eigenvalue weighted by Crippen LogP contribution is 2.27. The average molecular weight is 308 g/mol. The molecule has 3 rings (SSSR count). The van der Waals surface area contributed by atoms with E-state index in [9.17, 15) is 16.8 Å². The van der Waals surface area contributed by atoms with E-state index in [1.807, 2.05) is 0 Å². The average Bonchev–Trinajstić information content (AvgIpc) is 2.81. The van der Waals surface area contributed by atoms with Crippen LogP contribution in [0, 0.1) is 0 Å². The van der Waals surface area contributed by atoms with Crippen molar-refractivity contribution in [3.8, 4) is 0 Å². The van der Waals surface area contributed by atoms with Crippen molar-refractivity contribution in [3.63, 3.8) is 0 Å². The van der Waals surface area contributed by atoms with Gasteiger partial charge in [-0.25, -0.2) is 21.1 Å². The lowest BCUT2D eigenvalue weighted by Crippen LogP contribution is -2.44. The van der Waals surface area contributed by atoms with Crippen molar-refractivity contribution in [1.82, 2.24) is 9.62 Å². The Labute approximate surface area is 114 Å². The molecule has 3 unspecified atom stereocenters. The minimum absolute atomic E-state index is 0.00897. The first kappa shape index (κ1) is 13.8. The lowest BCUT2D eigenvalue weighted by atomic mass is 10.1. The summed E-state index contributed by atoms with van der Waals surface area (Å²) in [4.78, 5) is 0. The van der Waals surface area contributed by atoms with Gasteiger partial charge in [0, 0.05) is 25.2 Å². The Kier molecular flexibility index (Phi) is 3.40. The van der Waals surface area contributed by atoms with Crippen molar-refractivity contribution in [1.29, 1.82) is 0 Å². The quantitative estimate of drug-likeness (QED) is 0.731. The van der Waals surface area contributed by atoms with E-state index in [1.165, 1.54) is 4.31 Å². The lowest BCUT2D eigenvalue weighted by molar-refractivity contribution is 0.378. The second kappa shape index (κ2) is 4.68. The van der Waals surface area contributed by atoms with E-state index in [0.29, 0.717) is 19.1 Å². The molecule has 1 N–H and O–H groups in total. The van der Waals surface area contributed by atoms with Gasteiger partial charge in [-0.2, -0.15) is 0 Å². The minimum Gasteiger partial charge on any atom is -0.310 e. The zero-order valence-electron chi connectivity index (χ0n) is 10.8. The van der Waals surface area contributed by atoms with Crippen LogP contribution in [0.5, 0.6) is 0 Å². The minimum atomic E-state index is -3.46. The van der Waals surface area contributed by atoms with Gasteiger partial charge in [0.15, 0.2) is 9.84 Å². The van der Waals surface area contributed by atoms with Crippen LogP contribution in [-0.4, -0.2) is 63.1 Å². The summed E-state index contributed by atoms with van der Waals surface area (Å²) in [6.07, 6.45) is 3.22. The molecule has 0 aromatic carbocycles. The van der Waals surface area contributed by atoms with E-state index < -0.39 is 25.1 Å². The monoisotopic (exact) mass is 308 g/mol. The molecule has 3 saturated heterocycles. The van der Waals surface area contributed by atoms with Crippen LogP contribution in [0.3, 0.4) is 0 Å². The van der Waals surface area contributed by atoms with E-state index in [2.05, 4.69) is 5.32 Å². The summed E-state index contributed by atoms with van der Waals surface area (Å²) in [5, 5.41) is 2.71. The standard InChI is InChI=1S/C11H20N2O4S2/c14-18(15)6-4-11(8-18)19(16,17)13-5-3-9-1-2-10(7-13)12-9/h9-12H,1-8H2. The molecule has 19 heavy (non-hydrogen) atoms. The predicted molar refractivity (Wildman–Crippen MR) is 72.1 cm³/mol. The van der Waals surface area contributed by atoms with Gasteiger partial charge < -0.3 is 5.32 Å². The molecule has 0 radical (unpaired) electrons. The number of hydrogen-bond acceptors (Lipinski definition) is 5. The van der Waals surface area contributed by atoms with Crippen LogP contribution < -0.4 is 5.32 Å². The lowest BCUT2D eigenvalue weighted by Gasteiger charge is -2.26. The first-order chi connectivity index (χ1) is 8.87. The number of hydrogen-bond donors (Lipinski definition) is 1. The predicted octanol–water partition coefficient (Wildman–Crippen LogP) is -0.670. The normalized spacial score (nSPS) is 39.3.